The normalized spacial score (nSPS) is 12.5. The molecule has 0 saturated heterocycles. The summed E-state index contributed by atoms with van der Waals surface area (Å²) in [5.74, 6) is -1.64. The SMILES string of the molecule is C=CN=C(C)/C(F)=C(\C=C)C(N)=O.CC.CCCCC(CC)NP. The van der Waals surface area contributed by atoms with Gasteiger partial charge in [0.05, 0.1) is 11.3 Å². The third kappa shape index (κ3) is 14.3. The third-order valence-corrected chi connectivity index (χ3v) is 3.41. The highest BCUT2D eigenvalue weighted by Gasteiger charge is 2.10. The first kappa shape index (κ1) is 27.5. The molecule has 0 aliphatic rings. The highest BCUT2D eigenvalue weighted by molar-refractivity contribution is 7.13. The van der Waals surface area contributed by atoms with Crippen LogP contribution in [0, 0.1) is 0 Å². The molecule has 0 heterocycles. The summed E-state index contributed by atoms with van der Waals surface area (Å²) in [5.41, 5.74) is 4.66. The van der Waals surface area contributed by atoms with Gasteiger partial charge in [0, 0.05) is 12.2 Å². The van der Waals surface area contributed by atoms with Crippen LogP contribution in [0.25, 0.3) is 0 Å². The minimum Gasteiger partial charge on any atom is -0.366 e. The number of carbonyl (C=O) groups is 1. The zero-order valence-corrected chi connectivity index (χ0v) is 17.0. The molecule has 0 aromatic rings. The van der Waals surface area contributed by atoms with Gasteiger partial charge in [-0.15, -0.1) is 0 Å². The van der Waals surface area contributed by atoms with Crippen LogP contribution in [-0.2, 0) is 4.79 Å². The lowest BCUT2D eigenvalue weighted by Crippen LogP contribution is -2.18. The Morgan fingerprint density at radius 3 is 2.21 bits per heavy atom. The van der Waals surface area contributed by atoms with Crippen molar-refractivity contribution in [3.05, 3.63) is 36.8 Å². The van der Waals surface area contributed by atoms with Crippen molar-refractivity contribution >= 4 is 21.0 Å². The summed E-state index contributed by atoms with van der Waals surface area (Å²) in [6.45, 7) is 16.4. The van der Waals surface area contributed by atoms with Gasteiger partial charge in [0.1, 0.15) is 0 Å². The summed E-state index contributed by atoms with van der Waals surface area (Å²) < 4.78 is 13.2. The first-order chi connectivity index (χ1) is 11.4. The molecule has 0 saturated carbocycles. The van der Waals surface area contributed by atoms with Crippen molar-refractivity contribution < 1.29 is 9.18 Å². The Labute approximate surface area is 149 Å². The van der Waals surface area contributed by atoms with Crippen LogP contribution in [0.15, 0.2) is 41.8 Å². The van der Waals surface area contributed by atoms with E-state index in [2.05, 4.69) is 46.5 Å². The Hall–Kier alpha value is -1.32. The fourth-order valence-corrected chi connectivity index (χ4v) is 1.95. The lowest BCUT2D eigenvalue weighted by Gasteiger charge is -2.11. The minimum atomic E-state index is -0.869. The lowest BCUT2D eigenvalue weighted by atomic mass is 10.1. The molecule has 0 aromatic carbocycles. The van der Waals surface area contributed by atoms with Crippen molar-refractivity contribution in [2.24, 2.45) is 10.7 Å². The second-order valence-electron chi connectivity index (χ2n) is 4.61. The average Bonchev–Trinajstić information content (AvgIpc) is 2.58. The topological polar surface area (TPSA) is 67.5 Å². The molecule has 0 bridgehead atoms. The number of hydrogen-bond acceptors (Lipinski definition) is 3. The number of nitrogens with zero attached hydrogens (tertiary/aromatic N) is 1. The van der Waals surface area contributed by atoms with E-state index in [0.717, 1.165) is 12.1 Å². The minimum absolute atomic E-state index is 0.0451. The van der Waals surface area contributed by atoms with E-state index in [1.165, 1.54) is 38.8 Å². The summed E-state index contributed by atoms with van der Waals surface area (Å²) in [5, 5.41) is 3.20. The number of nitrogens with two attached hydrogens (primary N) is 1. The van der Waals surface area contributed by atoms with Gasteiger partial charge in [-0.2, -0.15) is 0 Å². The Morgan fingerprint density at radius 2 is 1.92 bits per heavy atom. The van der Waals surface area contributed by atoms with E-state index < -0.39 is 11.7 Å². The number of halogens is 1. The van der Waals surface area contributed by atoms with Gasteiger partial charge in [0.2, 0.25) is 0 Å². The molecule has 140 valence electrons. The van der Waals surface area contributed by atoms with Crippen LogP contribution in [0.1, 0.15) is 60.3 Å². The summed E-state index contributed by atoms with van der Waals surface area (Å²) in [7, 11) is 2.58. The number of carbonyl (C=O) groups excluding carboxylic acids is 1. The van der Waals surface area contributed by atoms with Gasteiger partial charge in [-0.25, -0.2) is 4.39 Å². The van der Waals surface area contributed by atoms with E-state index in [-0.39, 0.29) is 11.3 Å². The molecular formula is C18H35FN3OP. The third-order valence-electron chi connectivity index (χ3n) is 2.94. The molecule has 0 aliphatic heterocycles. The van der Waals surface area contributed by atoms with Crippen molar-refractivity contribution in [2.45, 2.75) is 66.3 Å². The number of allylic oxidation sites excluding steroid dienone is 1. The molecule has 2 unspecified atom stereocenters. The molecule has 0 spiro atoms. The maximum absolute atomic E-state index is 13.2. The Balaban J connectivity index is -0.000000351. The number of rotatable bonds is 9. The molecule has 3 N–H and O–H groups in total. The van der Waals surface area contributed by atoms with Crippen LogP contribution in [0.2, 0.25) is 0 Å². The maximum Gasteiger partial charge on any atom is 0.251 e. The molecule has 0 fully saturated rings. The zero-order valence-electron chi connectivity index (χ0n) is 15.9. The zero-order chi connectivity index (χ0) is 19.5. The van der Waals surface area contributed by atoms with Crippen LogP contribution < -0.4 is 10.8 Å². The van der Waals surface area contributed by atoms with Crippen LogP contribution in [0.5, 0.6) is 0 Å². The van der Waals surface area contributed by atoms with Crippen LogP contribution in [-0.4, -0.2) is 17.7 Å². The highest BCUT2D eigenvalue weighted by atomic mass is 31.0. The fraction of sp³-hybridized carbons (Fsp3) is 0.556. The van der Waals surface area contributed by atoms with Crippen molar-refractivity contribution in [1.82, 2.24) is 5.09 Å². The van der Waals surface area contributed by atoms with E-state index in [1.54, 1.807) is 0 Å². The van der Waals surface area contributed by atoms with E-state index >= 15 is 0 Å². The van der Waals surface area contributed by atoms with E-state index in [1.807, 2.05) is 13.8 Å². The van der Waals surface area contributed by atoms with Gasteiger partial charge in [-0.1, -0.05) is 69.2 Å². The van der Waals surface area contributed by atoms with Crippen molar-refractivity contribution in [3.63, 3.8) is 0 Å². The van der Waals surface area contributed by atoms with Gasteiger partial charge in [0.15, 0.2) is 5.83 Å². The number of amides is 1. The number of aliphatic imine (C=N–C) groups is 1. The maximum atomic E-state index is 13.2. The smallest absolute Gasteiger partial charge is 0.251 e. The second kappa shape index (κ2) is 19.7. The van der Waals surface area contributed by atoms with E-state index in [9.17, 15) is 9.18 Å². The van der Waals surface area contributed by atoms with E-state index in [0.29, 0.717) is 0 Å². The second-order valence-corrected chi connectivity index (χ2v) is 4.94. The number of primary amides is 1. The molecular weight excluding hydrogens is 324 g/mol. The van der Waals surface area contributed by atoms with E-state index in [4.69, 9.17) is 5.73 Å². The van der Waals surface area contributed by atoms with Crippen molar-refractivity contribution in [3.8, 4) is 0 Å². The van der Waals surface area contributed by atoms with Gasteiger partial charge in [-0.05, 0) is 19.8 Å². The van der Waals surface area contributed by atoms with Crippen LogP contribution in [0.3, 0.4) is 0 Å². The Kier molecular flexibility index (Phi) is 22.6. The summed E-state index contributed by atoms with van der Waals surface area (Å²) in [4.78, 5) is 14.2. The summed E-state index contributed by atoms with van der Waals surface area (Å²) >= 11 is 0. The Bertz CT molecular complexity index is 416. The quantitative estimate of drug-likeness (QED) is 0.267. The average molecular weight is 359 g/mol. The lowest BCUT2D eigenvalue weighted by molar-refractivity contribution is -0.114. The molecule has 24 heavy (non-hydrogen) atoms. The molecule has 4 nitrogen and oxygen atoms in total. The fourth-order valence-electron chi connectivity index (χ4n) is 1.54. The molecule has 0 radical (unpaired) electrons. The molecule has 6 heteroatoms. The molecule has 0 aliphatic carbocycles. The molecule has 0 rings (SSSR count). The highest BCUT2D eigenvalue weighted by Crippen LogP contribution is 2.09. The molecule has 0 aromatic heterocycles. The van der Waals surface area contributed by atoms with Gasteiger partial charge in [0.25, 0.3) is 5.91 Å². The van der Waals surface area contributed by atoms with Gasteiger partial charge < -0.3 is 5.73 Å². The largest absolute Gasteiger partial charge is 0.366 e. The number of hydrogen-bond donors (Lipinski definition) is 2. The van der Waals surface area contributed by atoms with Crippen LogP contribution >= 0.6 is 9.39 Å². The van der Waals surface area contributed by atoms with Gasteiger partial charge in [-0.3, -0.25) is 14.9 Å². The monoisotopic (exact) mass is 359 g/mol. The Morgan fingerprint density at radius 1 is 1.38 bits per heavy atom. The summed E-state index contributed by atoms with van der Waals surface area (Å²) in [6, 6.07) is 0.718. The number of nitrogens with one attached hydrogen (secondary N) is 1. The molecule has 2 atom stereocenters. The standard InChI is InChI=1S/C9H11FN2O.C7H18NP.C2H6/c1-4-7(9(11)13)8(10)6(3)12-5-2;1-3-5-6-7(4-2)8-9;1-2/h4-5H,1-2H2,3H3,(H2,11,13);7-8H,3-6,9H2,1-2H3;1-2H3/b8-7-,12-6?;;. The van der Waals surface area contributed by atoms with Crippen molar-refractivity contribution in [2.75, 3.05) is 0 Å². The summed E-state index contributed by atoms with van der Waals surface area (Å²) in [6.07, 6.45) is 7.44. The number of unbranched alkanes of at least 4 members (excludes halogenated alkanes) is 1. The van der Waals surface area contributed by atoms with Gasteiger partial charge >= 0.3 is 0 Å². The first-order valence-corrected chi connectivity index (χ1v) is 8.90. The predicted octanol–water partition coefficient (Wildman–Crippen LogP) is 4.85. The predicted molar refractivity (Wildman–Crippen MR) is 109 cm³/mol. The first-order valence-electron chi connectivity index (χ1n) is 8.33. The van der Waals surface area contributed by atoms with Crippen molar-refractivity contribution in [1.29, 1.82) is 0 Å². The molecule has 1 amide bonds. The van der Waals surface area contributed by atoms with Crippen LogP contribution in [0.4, 0.5) is 4.39 Å².